The molecule has 0 aliphatic heterocycles. The Hall–Kier alpha value is 1.17. The Bertz CT molecular complexity index is 198. The van der Waals surface area contributed by atoms with Crippen molar-refractivity contribution in [2.75, 3.05) is 0 Å². The van der Waals surface area contributed by atoms with Crippen molar-refractivity contribution in [1.82, 2.24) is 0 Å². The molecule has 0 bridgehead atoms. The molecule has 0 atom stereocenters. The number of allylic oxidation sites excluding steroid dienone is 4. The number of nitrogens with zero attached hydrogens (tertiary/aromatic N) is 1. The summed E-state index contributed by atoms with van der Waals surface area (Å²) in [6.07, 6.45) is 10.0. The topological polar surface area (TPSA) is 14.1 Å². The Morgan fingerprint density at radius 3 is 1.41 bits per heavy atom. The average molecular weight is 344 g/mol. The van der Waals surface area contributed by atoms with E-state index < -0.39 is 16.5 Å². The van der Waals surface area contributed by atoms with Crippen molar-refractivity contribution in [3.8, 4) is 0 Å². The van der Waals surface area contributed by atoms with Crippen LogP contribution in [0.4, 0.5) is 0 Å². The first kappa shape index (κ1) is 26.7. The molecule has 0 unspecified atom stereocenters. The Balaban J connectivity index is -0.0000000921. The van der Waals surface area contributed by atoms with E-state index in [9.17, 15) is 0 Å². The monoisotopic (exact) mass is 343 g/mol. The number of rotatable bonds is 2. The first-order valence-electron chi connectivity index (χ1n) is 5.16. The molecule has 0 radical (unpaired) electrons. The molecule has 0 N–H and O–H groups in total. The van der Waals surface area contributed by atoms with Gasteiger partial charge in [0, 0.05) is 0 Å². The van der Waals surface area contributed by atoms with Crippen LogP contribution in [0.3, 0.4) is 0 Å². The van der Waals surface area contributed by atoms with Crippen LogP contribution in [-0.4, -0.2) is 16.5 Å². The molecule has 0 heterocycles. The van der Waals surface area contributed by atoms with E-state index in [2.05, 4.69) is 51.4 Å². The SMILES string of the molecule is C[Si](C)(C)[N-][Si](C)(C)C.[C-]1=CC=CC1.[Cl-].[Cl-].[Ti+4]. The largest absolute Gasteiger partial charge is 4.00 e. The molecule has 0 saturated carbocycles. The molecular formula is C11H23Cl2NSi2Ti. The van der Waals surface area contributed by atoms with Crippen molar-refractivity contribution in [1.29, 1.82) is 0 Å². The third kappa shape index (κ3) is 26.7. The molecule has 1 nitrogen and oxygen atoms in total. The van der Waals surface area contributed by atoms with Gasteiger partial charge in [-0.05, 0) is 0 Å². The molecule has 0 spiro atoms. The first-order valence-corrected chi connectivity index (χ1v) is 12.1. The fourth-order valence-electron chi connectivity index (χ4n) is 1.35. The van der Waals surface area contributed by atoms with Crippen LogP contribution in [0.15, 0.2) is 18.2 Å². The van der Waals surface area contributed by atoms with Gasteiger partial charge < -0.3 is 29.5 Å². The van der Waals surface area contributed by atoms with E-state index in [1.54, 1.807) is 0 Å². The van der Waals surface area contributed by atoms with Crippen LogP contribution in [0.1, 0.15) is 6.42 Å². The van der Waals surface area contributed by atoms with E-state index >= 15 is 0 Å². The third-order valence-corrected chi connectivity index (χ3v) is 6.62. The Labute approximate surface area is 137 Å². The van der Waals surface area contributed by atoms with Crippen LogP contribution < -0.4 is 24.8 Å². The number of hydrogen-bond donors (Lipinski definition) is 0. The van der Waals surface area contributed by atoms with Gasteiger partial charge in [-0.25, -0.2) is 12.2 Å². The summed E-state index contributed by atoms with van der Waals surface area (Å²) >= 11 is 0. The quantitative estimate of drug-likeness (QED) is 0.421. The van der Waals surface area contributed by atoms with Crippen LogP contribution in [0.2, 0.25) is 39.3 Å². The minimum Gasteiger partial charge on any atom is -1.00 e. The molecular weight excluding hydrogens is 321 g/mol. The summed E-state index contributed by atoms with van der Waals surface area (Å²) in [7, 11) is -2.21. The maximum atomic E-state index is 4.82. The molecule has 0 aromatic rings. The van der Waals surface area contributed by atoms with E-state index in [1.807, 2.05) is 12.2 Å². The maximum absolute atomic E-state index is 4.82. The number of halogens is 2. The van der Waals surface area contributed by atoms with Gasteiger partial charge >= 0.3 is 21.7 Å². The molecule has 98 valence electrons. The normalized spacial score (nSPS) is 12.6. The first-order chi connectivity index (χ1) is 6.21. The van der Waals surface area contributed by atoms with Gasteiger partial charge in [-0.2, -0.15) is 6.08 Å². The zero-order valence-corrected chi connectivity index (χ0v) is 16.7. The van der Waals surface area contributed by atoms with Gasteiger partial charge in [-0.1, -0.05) is 55.8 Å². The summed E-state index contributed by atoms with van der Waals surface area (Å²) in [6.45, 7) is 13.8. The van der Waals surface area contributed by atoms with Gasteiger partial charge in [0.2, 0.25) is 0 Å². The molecule has 0 fully saturated rings. The van der Waals surface area contributed by atoms with Crippen LogP contribution >= 0.6 is 0 Å². The van der Waals surface area contributed by atoms with Gasteiger partial charge in [0.15, 0.2) is 0 Å². The van der Waals surface area contributed by atoms with Gasteiger partial charge in [-0.3, -0.25) is 6.08 Å². The molecule has 17 heavy (non-hydrogen) atoms. The standard InChI is InChI=1S/C6H18NSi2.C5H5.2ClH.Ti/c1-8(2,3)7-9(4,5)6;1-2-4-5-3-1;;;/h1-6H3;1-3H,4H2;2*1H;/q2*-1;;;+4/p-2. The van der Waals surface area contributed by atoms with Crippen molar-refractivity contribution in [3.63, 3.8) is 0 Å². The molecule has 0 aromatic carbocycles. The van der Waals surface area contributed by atoms with Crippen molar-refractivity contribution in [3.05, 3.63) is 29.0 Å². The van der Waals surface area contributed by atoms with Crippen LogP contribution in [0.5, 0.6) is 0 Å². The Kier molecular flexibility index (Phi) is 19.2. The summed E-state index contributed by atoms with van der Waals surface area (Å²) in [5.74, 6) is 0. The molecule has 1 aliphatic carbocycles. The van der Waals surface area contributed by atoms with E-state index in [-0.39, 0.29) is 46.5 Å². The van der Waals surface area contributed by atoms with Gasteiger partial charge in [0.1, 0.15) is 0 Å². The van der Waals surface area contributed by atoms with Gasteiger partial charge in [0.05, 0.1) is 0 Å². The van der Waals surface area contributed by atoms with Gasteiger partial charge in [-0.15, -0.1) is 6.42 Å². The summed E-state index contributed by atoms with van der Waals surface area (Å²) in [5.41, 5.74) is 0. The fraction of sp³-hybridized carbons (Fsp3) is 0.636. The summed E-state index contributed by atoms with van der Waals surface area (Å²) < 4.78 is 4.82. The summed E-state index contributed by atoms with van der Waals surface area (Å²) in [6, 6.07) is 0. The minimum atomic E-state index is -1.11. The second-order valence-corrected chi connectivity index (χ2v) is 15.0. The van der Waals surface area contributed by atoms with Crippen LogP contribution in [0.25, 0.3) is 4.65 Å². The molecule has 0 saturated heterocycles. The molecule has 1 aliphatic rings. The predicted molar refractivity (Wildman–Crippen MR) is 71.6 cm³/mol. The zero-order chi connectivity index (χ0) is 11.2. The predicted octanol–water partition coefficient (Wildman–Crippen LogP) is -1.66. The summed E-state index contributed by atoms with van der Waals surface area (Å²) in [5, 5.41) is 0. The second kappa shape index (κ2) is 12.2. The van der Waals surface area contributed by atoms with E-state index in [0.29, 0.717) is 0 Å². The molecule has 0 amide bonds. The Morgan fingerprint density at radius 1 is 0.941 bits per heavy atom. The zero-order valence-electron chi connectivity index (χ0n) is 11.6. The van der Waals surface area contributed by atoms with Crippen molar-refractivity contribution >= 4 is 16.5 Å². The molecule has 6 heteroatoms. The van der Waals surface area contributed by atoms with E-state index in [1.165, 1.54) is 0 Å². The number of hydrogen-bond acceptors (Lipinski definition) is 0. The fourth-order valence-corrected chi connectivity index (χ4v) is 9.40. The van der Waals surface area contributed by atoms with E-state index in [4.69, 9.17) is 4.65 Å². The average Bonchev–Trinajstić information content (AvgIpc) is 2.29. The van der Waals surface area contributed by atoms with Crippen LogP contribution in [0, 0.1) is 6.08 Å². The van der Waals surface area contributed by atoms with Crippen molar-refractivity contribution in [2.45, 2.75) is 45.7 Å². The molecule has 1 rings (SSSR count). The smallest absolute Gasteiger partial charge is 1.00 e. The van der Waals surface area contributed by atoms with Crippen LogP contribution in [-0.2, 0) is 21.7 Å². The minimum absolute atomic E-state index is 0. The van der Waals surface area contributed by atoms with E-state index in [0.717, 1.165) is 6.42 Å². The maximum Gasteiger partial charge on any atom is 4.00 e. The van der Waals surface area contributed by atoms with Crippen molar-refractivity contribution < 1.29 is 46.5 Å². The van der Waals surface area contributed by atoms with Gasteiger partial charge in [0.25, 0.3) is 0 Å². The Morgan fingerprint density at radius 2 is 1.35 bits per heavy atom. The van der Waals surface area contributed by atoms with Crippen molar-refractivity contribution in [2.24, 2.45) is 0 Å². The third-order valence-electron chi connectivity index (χ3n) is 1.26. The second-order valence-electron chi connectivity index (χ2n) is 5.46. The summed E-state index contributed by atoms with van der Waals surface area (Å²) in [4.78, 5) is 0. The molecule has 0 aromatic heterocycles.